The van der Waals surface area contributed by atoms with Gasteiger partial charge in [0.1, 0.15) is 12.4 Å². The number of benzene rings is 1. The van der Waals surface area contributed by atoms with E-state index < -0.39 is 10.2 Å². The number of ether oxygens (including phenoxy) is 1. The third-order valence-electron chi connectivity index (χ3n) is 4.01. The summed E-state index contributed by atoms with van der Waals surface area (Å²) >= 11 is 0. The Morgan fingerprint density at radius 1 is 1.48 bits per heavy atom. The average molecular weight is 367 g/mol. The monoisotopic (exact) mass is 367 g/mol. The highest BCUT2D eigenvalue weighted by Crippen LogP contribution is 2.23. The summed E-state index contributed by atoms with van der Waals surface area (Å²) in [7, 11) is -0.511. The molecule has 1 amide bonds. The summed E-state index contributed by atoms with van der Waals surface area (Å²) < 4.78 is 32.5. The molecule has 0 unspecified atom stereocenters. The molecular weight excluding hydrogens is 342 g/mol. The van der Waals surface area contributed by atoms with E-state index in [2.05, 4.69) is 11.9 Å². The lowest BCUT2D eigenvalue weighted by Gasteiger charge is -2.32. The molecule has 1 aliphatic heterocycles. The second-order valence-corrected chi connectivity index (χ2v) is 8.25. The fourth-order valence-electron chi connectivity index (χ4n) is 2.66. The minimum atomic E-state index is -3.50. The van der Waals surface area contributed by atoms with Gasteiger partial charge < -0.3 is 10.1 Å². The molecule has 1 aliphatic rings. The van der Waals surface area contributed by atoms with Crippen molar-refractivity contribution in [3.05, 3.63) is 36.9 Å². The van der Waals surface area contributed by atoms with Crippen LogP contribution in [-0.4, -0.2) is 56.7 Å². The minimum absolute atomic E-state index is 0.181. The van der Waals surface area contributed by atoms with Gasteiger partial charge in [-0.3, -0.25) is 4.79 Å². The van der Waals surface area contributed by atoms with Crippen LogP contribution in [0.4, 0.5) is 5.69 Å². The van der Waals surface area contributed by atoms with Crippen molar-refractivity contribution in [2.24, 2.45) is 5.92 Å². The van der Waals surface area contributed by atoms with E-state index in [1.165, 1.54) is 22.7 Å². The van der Waals surface area contributed by atoms with Gasteiger partial charge in [-0.25, -0.2) is 0 Å². The maximum atomic E-state index is 12.5. The first kappa shape index (κ1) is 19.4. The number of rotatable bonds is 7. The van der Waals surface area contributed by atoms with Crippen LogP contribution in [0.3, 0.4) is 0 Å². The second-order valence-electron chi connectivity index (χ2n) is 6.10. The molecule has 1 atom stereocenters. The Balaban J connectivity index is 2.02. The van der Waals surface area contributed by atoms with E-state index in [-0.39, 0.29) is 18.4 Å². The van der Waals surface area contributed by atoms with Gasteiger partial charge in [0.25, 0.3) is 10.2 Å². The van der Waals surface area contributed by atoms with Crippen LogP contribution in [0.25, 0.3) is 0 Å². The van der Waals surface area contributed by atoms with Crippen molar-refractivity contribution in [3.63, 3.8) is 0 Å². The number of hydrogen-bond acceptors (Lipinski definition) is 4. The maximum absolute atomic E-state index is 12.5. The summed E-state index contributed by atoms with van der Waals surface area (Å²) in [6.45, 7) is 4.61. The van der Waals surface area contributed by atoms with Gasteiger partial charge in [-0.05, 0) is 25.0 Å². The number of piperidine rings is 1. The number of hydrogen-bond donors (Lipinski definition) is 1. The first-order chi connectivity index (χ1) is 11.8. The number of nitrogens with one attached hydrogen (secondary N) is 1. The van der Waals surface area contributed by atoms with Crippen molar-refractivity contribution < 1.29 is 17.9 Å². The Bertz CT molecular complexity index is 718. The number of amides is 1. The van der Waals surface area contributed by atoms with E-state index in [0.717, 1.165) is 0 Å². The number of carbonyl (C=O) groups excluding carboxylic acids is 1. The highest BCUT2D eigenvalue weighted by molar-refractivity contribution is 7.86. The molecule has 1 N–H and O–H groups in total. The standard InChI is InChI=1S/C17H25N3O4S/c1-4-11-24-16-9-5-8-15(12-16)18-17(21)14-7-6-10-20(13-14)25(22,23)19(2)3/h4-5,8-9,12,14H,1,6-7,10-11,13H2,2-3H3,(H,18,21)/t14-/m1/s1. The summed E-state index contributed by atoms with van der Waals surface area (Å²) in [5.41, 5.74) is 0.624. The first-order valence-corrected chi connectivity index (χ1v) is 9.56. The van der Waals surface area contributed by atoms with Gasteiger partial charge >= 0.3 is 0 Å². The van der Waals surface area contributed by atoms with Crippen LogP contribution in [0.5, 0.6) is 5.75 Å². The highest BCUT2D eigenvalue weighted by atomic mass is 32.2. The lowest BCUT2D eigenvalue weighted by molar-refractivity contribution is -0.120. The fraction of sp³-hybridized carbons (Fsp3) is 0.471. The Labute approximate surface area is 149 Å². The van der Waals surface area contributed by atoms with Gasteiger partial charge in [0, 0.05) is 38.9 Å². The van der Waals surface area contributed by atoms with Gasteiger partial charge in [0.2, 0.25) is 5.91 Å². The smallest absolute Gasteiger partial charge is 0.281 e. The molecule has 0 aromatic heterocycles. The fourth-order valence-corrected chi connectivity index (χ4v) is 3.85. The van der Waals surface area contributed by atoms with Crippen LogP contribution in [0.15, 0.2) is 36.9 Å². The zero-order chi connectivity index (χ0) is 18.4. The maximum Gasteiger partial charge on any atom is 0.281 e. The van der Waals surface area contributed by atoms with Crippen LogP contribution < -0.4 is 10.1 Å². The molecule has 1 aromatic rings. The van der Waals surface area contributed by atoms with Crippen molar-refractivity contribution >= 4 is 21.8 Å². The van der Waals surface area contributed by atoms with Gasteiger partial charge in [-0.1, -0.05) is 18.7 Å². The predicted octanol–water partition coefficient (Wildman–Crippen LogP) is 1.71. The van der Waals surface area contributed by atoms with E-state index in [1.54, 1.807) is 30.3 Å². The summed E-state index contributed by atoms with van der Waals surface area (Å²) in [5.74, 6) is 0.0823. The molecule has 138 valence electrons. The molecule has 1 heterocycles. The van der Waals surface area contributed by atoms with Crippen molar-refractivity contribution in [1.82, 2.24) is 8.61 Å². The lowest BCUT2D eigenvalue weighted by Crippen LogP contribution is -2.47. The Morgan fingerprint density at radius 2 is 2.24 bits per heavy atom. The zero-order valence-electron chi connectivity index (χ0n) is 14.6. The number of anilines is 1. The predicted molar refractivity (Wildman–Crippen MR) is 97.7 cm³/mol. The Hall–Kier alpha value is -1.90. The van der Waals surface area contributed by atoms with Crippen LogP contribution in [0.2, 0.25) is 0 Å². The molecule has 0 saturated carbocycles. The highest BCUT2D eigenvalue weighted by Gasteiger charge is 2.33. The van der Waals surface area contributed by atoms with Gasteiger partial charge in [-0.2, -0.15) is 17.0 Å². The first-order valence-electron chi connectivity index (χ1n) is 8.17. The van der Waals surface area contributed by atoms with Crippen molar-refractivity contribution in [2.75, 3.05) is 39.1 Å². The molecule has 25 heavy (non-hydrogen) atoms. The second kappa shape index (κ2) is 8.46. The van der Waals surface area contributed by atoms with Crippen molar-refractivity contribution in [2.45, 2.75) is 12.8 Å². The summed E-state index contributed by atoms with van der Waals surface area (Å²) in [6.07, 6.45) is 2.97. The molecule has 0 radical (unpaired) electrons. The van der Waals surface area contributed by atoms with Crippen LogP contribution >= 0.6 is 0 Å². The molecule has 0 spiro atoms. The molecule has 1 aromatic carbocycles. The summed E-state index contributed by atoms with van der Waals surface area (Å²) in [6, 6.07) is 7.09. The van der Waals surface area contributed by atoms with Crippen LogP contribution in [-0.2, 0) is 15.0 Å². The van der Waals surface area contributed by atoms with E-state index in [1.807, 2.05) is 0 Å². The van der Waals surface area contributed by atoms with Crippen LogP contribution in [0, 0.1) is 5.92 Å². The molecule has 1 saturated heterocycles. The molecule has 8 heteroatoms. The van der Waals surface area contributed by atoms with Crippen molar-refractivity contribution in [1.29, 1.82) is 0 Å². The van der Waals surface area contributed by atoms with E-state index in [4.69, 9.17) is 4.74 Å². The summed E-state index contributed by atoms with van der Waals surface area (Å²) in [5, 5.41) is 2.85. The van der Waals surface area contributed by atoms with E-state index >= 15 is 0 Å². The average Bonchev–Trinajstić information content (AvgIpc) is 2.60. The van der Waals surface area contributed by atoms with Gasteiger partial charge in [0.05, 0.1) is 5.92 Å². The molecule has 7 nitrogen and oxygen atoms in total. The van der Waals surface area contributed by atoms with Crippen molar-refractivity contribution in [3.8, 4) is 5.75 Å². The largest absolute Gasteiger partial charge is 0.489 e. The molecular formula is C17H25N3O4S. The minimum Gasteiger partial charge on any atom is -0.489 e. The van der Waals surface area contributed by atoms with Gasteiger partial charge in [-0.15, -0.1) is 0 Å². The topological polar surface area (TPSA) is 79.0 Å². The molecule has 0 bridgehead atoms. The zero-order valence-corrected chi connectivity index (χ0v) is 15.5. The summed E-state index contributed by atoms with van der Waals surface area (Å²) in [4.78, 5) is 12.5. The third-order valence-corrected chi connectivity index (χ3v) is 5.92. The van der Waals surface area contributed by atoms with Gasteiger partial charge in [0.15, 0.2) is 0 Å². The Morgan fingerprint density at radius 3 is 2.92 bits per heavy atom. The van der Waals surface area contributed by atoms with Crippen LogP contribution in [0.1, 0.15) is 12.8 Å². The lowest BCUT2D eigenvalue weighted by atomic mass is 9.98. The molecule has 0 aliphatic carbocycles. The number of nitrogens with zero attached hydrogens (tertiary/aromatic N) is 2. The third kappa shape index (κ3) is 5.04. The normalized spacial score (nSPS) is 18.8. The quantitative estimate of drug-likeness (QED) is 0.744. The van der Waals surface area contributed by atoms with E-state index in [9.17, 15) is 13.2 Å². The van der Waals surface area contributed by atoms with E-state index in [0.29, 0.717) is 37.4 Å². The molecule has 1 fully saturated rings. The SMILES string of the molecule is C=CCOc1cccc(NC(=O)[C@@H]2CCCN(S(=O)(=O)N(C)C)C2)c1. The molecule has 2 rings (SSSR count). The number of carbonyl (C=O) groups is 1. The Kier molecular flexibility index (Phi) is 6.57.